The van der Waals surface area contributed by atoms with Crippen molar-refractivity contribution in [3.05, 3.63) is 28.2 Å². The minimum atomic E-state index is 0.235. The topological polar surface area (TPSA) is 21.3 Å². The molecular formula is C15H22BrNO. The predicted octanol–water partition coefficient (Wildman–Crippen LogP) is 3.91. The highest BCUT2D eigenvalue weighted by molar-refractivity contribution is 9.10. The lowest BCUT2D eigenvalue weighted by atomic mass is 10.1. The van der Waals surface area contributed by atoms with E-state index in [1.54, 1.807) is 0 Å². The molecule has 0 spiro atoms. The van der Waals surface area contributed by atoms with Crippen LogP contribution in [0.1, 0.15) is 32.3 Å². The van der Waals surface area contributed by atoms with Crippen molar-refractivity contribution in [1.82, 2.24) is 5.32 Å². The molecule has 0 amide bonds. The van der Waals surface area contributed by atoms with Gasteiger partial charge in [0.25, 0.3) is 0 Å². The van der Waals surface area contributed by atoms with Gasteiger partial charge in [0, 0.05) is 17.1 Å². The SMILES string of the molecule is Cc1ccc(Br)cc1OC(CNC1CC1)C(C)C. The lowest BCUT2D eigenvalue weighted by molar-refractivity contribution is 0.147. The molecule has 1 aromatic carbocycles. The van der Waals surface area contributed by atoms with Gasteiger partial charge in [-0.1, -0.05) is 35.8 Å². The summed E-state index contributed by atoms with van der Waals surface area (Å²) in [5.41, 5.74) is 1.19. The van der Waals surface area contributed by atoms with Crippen LogP contribution >= 0.6 is 15.9 Å². The molecule has 1 atom stereocenters. The quantitative estimate of drug-likeness (QED) is 0.860. The van der Waals surface area contributed by atoms with E-state index in [0.29, 0.717) is 5.92 Å². The van der Waals surface area contributed by atoms with Gasteiger partial charge in [0.15, 0.2) is 0 Å². The molecule has 0 heterocycles. The van der Waals surface area contributed by atoms with E-state index in [1.165, 1.54) is 18.4 Å². The van der Waals surface area contributed by atoms with Gasteiger partial charge in [-0.3, -0.25) is 0 Å². The maximum Gasteiger partial charge on any atom is 0.123 e. The zero-order valence-electron chi connectivity index (χ0n) is 11.4. The molecule has 1 aliphatic rings. The van der Waals surface area contributed by atoms with Crippen molar-refractivity contribution in [3.8, 4) is 5.75 Å². The Hall–Kier alpha value is -0.540. The number of nitrogens with one attached hydrogen (secondary N) is 1. The third-order valence-corrected chi connectivity index (χ3v) is 3.85. The second-order valence-corrected chi connectivity index (χ2v) is 6.41. The molecule has 1 fully saturated rings. The summed E-state index contributed by atoms with van der Waals surface area (Å²) in [4.78, 5) is 0. The van der Waals surface area contributed by atoms with Crippen LogP contribution in [-0.2, 0) is 0 Å². The van der Waals surface area contributed by atoms with Crippen molar-refractivity contribution >= 4 is 15.9 Å². The number of aryl methyl sites for hydroxylation is 1. The third-order valence-electron chi connectivity index (χ3n) is 3.36. The van der Waals surface area contributed by atoms with E-state index in [2.05, 4.69) is 60.2 Å². The number of ether oxygens (including phenoxy) is 1. The molecule has 2 rings (SSSR count). The summed E-state index contributed by atoms with van der Waals surface area (Å²) >= 11 is 3.50. The van der Waals surface area contributed by atoms with E-state index < -0.39 is 0 Å². The fourth-order valence-electron chi connectivity index (χ4n) is 1.85. The molecule has 1 unspecified atom stereocenters. The summed E-state index contributed by atoms with van der Waals surface area (Å²) < 4.78 is 7.24. The Morgan fingerprint density at radius 1 is 1.39 bits per heavy atom. The number of hydrogen-bond acceptors (Lipinski definition) is 2. The fourth-order valence-corrected chi connectivity index (χ4v) is 2.19. The van der Waals surface area contributed by atoms with Gasteiger partial charge in [-0.15, -0.1) is 0 Å². The number of rotatable bonds is 6. The maximum absolute atomic E-state index is 6.17. The van der Waals surface area contributed by atoms with Gasteiger partial charge in [0.1, 0.15) is 11.9 Å². The van der Waals surface area contributed by atoms with Gasteiger partial charge in [-0.05, 0) is 43.4 Å². The van der Waals surface area contributed by atoms with Gasteiger partial charge in [0.2, 0.25) is 0 Å². The van der Waals surface area contributed by atoms with Gasteiger partial charge < -0.3 is 10.1 Å². The summed E-state index contributed by atoms with van der Waals surface area (Å²) in [7, 11) is 0. The van der Waals surface area contributed by atoms with Crippen molar-refractivity contribution in [2.45, 2.75) is 45.8 Å². The average molecular weight is 312 g/mol. The highest BCUT2D eigenvalue weighted by atomic mass is 79.9. The second kappa shape index (κ2) is 6.07. The van der Waals surface area contributed by atoms with Gasteiger partial charge in [-0.2, -0.15) is 0 Å². The van der Waals surface area contributed by atoms with Crippen LogP contribution in [0.2, 0.25) is 0 Å². The molecular weight excluding hydrogens is 290 g/mol. The molecule has 1 aliphatic carbocycles. The highest BCUT2D eigenvalue weighted by Crippen LogP contribution is 2.26. The van der Waals surface area contributed by atoms with Crippen LogP contribution in [0.15, 0.2) is 22.7 Å². The van der Waals surface area contributed by atoms with Crippen molar-refractivity contribution in [1.29, 1.82) is 0 Å². The summed E-state index contributed by atoms with van der Waals surface area (Å²) in [5.74, 6) is 1.50. The Bertz CT molecular complexity index is 401. The Balaban J connectivity index is 1.99. The van der Waals surface area contributed by atoms with Crippen molar-refractivity contribution in [2.24, 2.45) is 5.92 Å². The molecule has 1 N–H and O–H groups in total. The maximum atomic E-state index is 6.17. The largest absolute Gasteiger partial charge is 0.489 e. The average Bonchev–Trinajstić information content (AvgIpc) is 3.12. The summed E-state index contributed by atoms with van der Waals surface area (Å²) in [6.45, 7) is 7.46. The van der Waals surface area contributed by atoms with E-state index in [4.69, 9.17) is 4.74 Å². The van der Waals surface area contributed by atoms with E-state index in [0.717, 1.165) is 22.8 Å². The Morgan fingerprint density at radius 3 is 2.72 bits per heavy atom. The zero-order valence-corrected chi connectivity index (χ0v) is 13.0. The van der Waals surface area contributed by atoms with Crippen LogP contribution in [-0.4, -0.2) is 18.7 Å². The monoisotopic (exact) mass is 311 g/mol. The fraction of sp³-hybridized carbons (Fsp3) is 0.600. The molecule has 0 bridgehead atoms. The summed E-state index contributed by atoms with van der Waals surface area (Å²) in [5, 5.41) is 3.56. The van der Waals surface area contributed by atoms with Gasteiger partial charge in [-0.25, -0.2) is 0 Å². The van der Waals surface area contributed by atoms with E-state index in [9.17, 15) is 0 Å². The first kappa shape index (κ1) is 13.9. The molecule has 18 heavy (non-hydrogen) atoms. The van der Waals surface area contributed by atoms with Crippen LogP contribution < -0.4 is 10.1 Å². The Morgan fingerprint density at radius 2 is 2.11 bits per heavy atom. The van der Waals surface area contributed by atoms with Crippen LogP contribution in [0.4, 0.5) is 0 Å². The van der Waals surface area contributed by atoms with E-state index in [-0.39, 0.29) is 6.10 Å². The van der Waals surface area contributed by atoms with Crippen molar-refractivity contribution < 1.29 is 4.74 Å². The summed E-state index contributed by atoms with van der Waals surface area (Å²) in [6.07, 6.45) is 2.88. The smallest absolute Gasteiger partial charge is 0.123 e. The second-order valence-electron chi connectivity index (χ2n) is 5.49. The normalized spacial score (nSPS) is 16.9. The number of halogens is 1. The molecule has 3 heteroatoms. The number of benzene rings is 1. The molecule has 0 aromatic heterocycles. The Labute approximate surface area is 118 Å². The number of hydrogen-bond donors (Lipinski definition) is 1. The predicted molar refractivity (Wildman–Crippen MR) is 79.2 cm³/mol. The van der Waals surface area contributed by atoms with Crippen molar-refractivity contribution in [3.63, 3.8) is 0 Å². The molecule has 100 valence electrons. The standard InChI is InChI=1S/C15H22BrNO/c1-10(2)15(9-17-13-6-7-13)18-14-8-12(16)5-4-11(14)3/h4-5,8,10,13,15,17H,6-7,9H2,1-3H3. The molecule has 2 nitrogen and oxygen atoms in total. The highest BCUT2D eigenvalue weighted by Gasteiger charge is 2.24. The Kier molecular flexibility index (Phi) is 4.68. The van der Waals surface area contributed by atoms with E-state index in [1.807, 2.05) is 0 Å². The first-order valence-electron chi connectivity index (χ1n) is 6.72. The first-order valence-corrected chi connectivity index (χ1v) is 7.51. The minimum Gasteiger partial charge on any atom is -0.489 e. The molecule has 0 radical (unpaired) electrons. The van der Waals surface area contributed by atoms with Crippen LogP contribution in [0, 0.1) is 12.8 Å². The first-order chi connectivity index (χ1) is 8.56. The zero-order chi connectivity index (χ0) is 13.1. The molecule has 1 aromatic rings. The lowest BCUT2D eigenvalue weighted by Crippen LogP contribution is -2.36. The summed E-state index contributed by atoms with van der Waals surface area (Å²) in [6, 6.07) is 6.93. The molecule has 0 saturated heterocycles. The van der Waals surface area contributed by atoms with Crippen LogP contribution in [0.5, 0.6) is 5.75 Å². The van der Waals surface area contributed by atoms with Crippen molar-refractivity contribution in [2.75, 3.05) is 6.54 Å². The lowest BCUT2D eigenvalue weighted by Gasteiger charge is -2.24. The van der Waals surface area contributed by atoms with Crippen LogP contribution in [0.3, 0.4) is 0 Å². The van der Waals surface area contributed by atoms with Gasteiger partial charge in [0.05, 0.1) is 0 Å². The molecule has 1 saturated carbocycles. The van der Waals surface area contributed by atoms with Crippen LogP contribution in [0.25, 0.3) is 0 Å². The van der Waals surface area contributed by atoms with Gasteiger partial charge >= 0.3 is 0 Å². The van der Waals surface area contributed by atoms with E-state index >= 15 is 0 Å². The third kappa shape index (κ3) is 3.99. The molecule has 0 aliphatic heterocycles. The minimum absolute atomic E-state index is 0.235.